The predicted molar refractivity (Wildman–Crippen MR) is 99.4 cm³/mol. The molecule has 0 radical (unpaired) electrons. The zero-order valence-electron chi connectivity index (χ0n) is 15.6. The van der Waals surface area contributed by atoms with Gasteiger partial charge in [-0.25, -0.2) is 0 Å². The maximum atomic E-state index is 12.4. The largest absolute Gasteiger partial charge is 0.361 e. The number of amides is 2. The summed E-state index contributed by atoms with van der Waals surface area (Å²) >= 11 is 0. The molecular formula is C20H24N4O3. The Morgan fingerprint density at radius 2 is 1.59 bits per heavy atom. The Hall–Kier alpha value is -2.51. The number of imide groups is 1. The number of nitrogens with zero attached hydrogens (tertiary/aromatic N) is 4. The summed E-state index contributed by atoms with van der Waals surface area (Å²) in [4.78, 5) is 30.9. The maximum Gasteiger partial charge on any atom is 0.261 e. The Kier molecular flexibility index (Phi) is 5.05. The highest BCUT2D eigenvalue weighted by Gasteiger charge is 2.34. The van der Waals surface area contributed by atoms with Crippen molar-refractivity contribution in [2.24, 2.45) is 0 Å². The minimum atomic E-state index is -0.164. The van der Waals surface area contributed by atoms with Gasteiger partial charge in [0.1, 0.15) is 5.76 Å². The fraction of sp³-hybridized carbons (Fsp3) is 0.450. The van der Waals surface area contributed by atoms with E-state index in [1.165, 1.54) is 4.90 Å². The van der Waals surface area contributed by atoms with Crippen LogP contribution in [0.3, 0.4) is 0 Å². The van der Waals surface area contributed by atoms with Crippen molar-refractivity contribution in [2.45, 2.75) is 19.9 Å². The fourth-order valence-electron chi connectivity index (χ4n) is 3.79. The van der Waals surface area contributed by atoms with Crippen molar-refractivity contribution in [3.05, 3.63) is 52.9 Å². The van der Waals surface area contributed by atoms with Crippen molar-refractivity contribution in [1.82, 2.24) is 19.9 Å². The van der Waals surface area contributed by atoms with Crippen molar-refractivity contribution in [1.29, 1.82) is 0 Å². The average molecular weight is 368 g/mol. The third-order valence-corrected chi connectivity index (χ3v) is 5.26. The Morgan fingerprint density at radius 1 is 0.963 bits per heavy atom. The molecule has 0 bridgehead atoms. The summed E-state index contributed by atoms with van der Waals surface area (Å²) in [6, 6.07) is 9.03. The zero-order chi connectivity index (χ0) is 18.8. The van der Waals surface area contributed by atoms with Gasteiger partial charge in [-0.05, 0) is 32.0 Å². The molecule has 0 atom stereocenters. The number of hydrogen-bond acceptors (Lipinski definition) is 6. The highest BCUT2D eigenvalue weighted by molar-refractivity contribution is 6.21. The van der Waals surface area contributed by atoms with Gasteiger partial charge in [-0.2, -0.15) is 0 Å². The molecule has 7 nitrogen and oxygen atoms in total. The number of benzene rings is 1. The number of fused-ring (bicyclic) bond motifs is 1. The quantitative estimate of drug-likeness (QED) is 0.724. The third kappa shape index (κ3) is 3.79. The fourth-order valence-corrected chi connectivity index (χ4v) is 3.79. The van der Waals surface area contributed by atoms with E-state index in [2.05, 4.69) is 15.0 Å². The first kappa shape index (κ1) is 17.9. The van der Waals surface area contributed by atoms with E-state index in [9.17, 15) is 9.59 Å². The van der Waals surface area contributed by atoms with Crippen LogP contribution in [0.5, 0.6) is 0 Å². The van der Waals surface area contributed by atoms with Gasteiger partial charge < -0.3 is 9.42 Å². The van der Waals surface area contributed by atoms with Crippen LogP contribution in [0.15, 0.2) is 34.9 Å². The molecule has 2 aliphatic rings. The Labute approximate surface area is 158 Å². The molecule has 1 aromatic heterocycles. The van der Waals surface area contributed by atoms with Crippen LogP contribution in [-0.4, -0.2) is 70.9 Å². The lowest BCUT2D eigenvalue weighted by Gasteiger charge is -2.34. The van der Waals surface area contributed by atoms with E-state index in [1.54, 1.807) is 24.3 Å². The molecule has 0 spiro atoms. The Balaban J connectivity index is 1.21. The molecule has 2 aliphatic heterocycles. The molecule has 7 heteroatoms. The topological polar surface area (TPSA) is 69.9 Å². The second kappa shape index (κ2) is 7.62. The minimum Gasteiger partial charge on any atom is -0.361 e. The lowest BCUT2D eigenvalue weighted by Crippen LogP contribution is -2.46. The summed E-state index contributed by atoms with van der Waals surface area (Å²) in [6.45, 7) is 8.04. The van der Waals surface area contributed by atoms with Crippen LogP contribution in [0.25, 0.3) is 0 Å². The standard InChI is InChI=1S/C20H24N4O3/c1-15-13-16(21-27-15)14-23-11-9-22(10-12-23)7-4-8-24-19(25)17-5-2-3-6-18(17)20(24)26/h2-3,5-6,13H,4,7-12,14H2,1H3. The van der Waals surface area contributed by atoms with Crippen molar-refractivity contribution in [3.63, 3.8) is 0 Å². The SMILES string of the molecule is Cc1cc(CN2CCN(CCCN3C(=O)c4ccccc4C3=O)CC2)no1. The van der Waals surface area contributed by atoms with Gasteiger partial charge in [0, 0.05) is 45.3 Å². The molecule has 27 heavy (non-hydrogen) atoms. The minimum absolute atomic E-state index is 0.164. The summed E-state index contributed by atoms with van der Waals surface area (Å²) in [5.74, 6) is 0.517. The van der Waals surface area contributed by atoms with Gasteiger partial charge in [0.05, 0.1) is 16.8 Å². The average Bonchev–Trinajstić information content (AvgIpc) is 3.19. The molecule has 4 rings (SSSR count). The molecule has 2 amide bonds. The smallest absolute Gasteiger partial charge is 0.261 e. The van der Waals surface area contributed by atoms with Gasteiger partial charge in [0.2, 0.25) is 0 Å². The van der Waals surface area contributed by atoms with E-state index in [0.29, 0.717) is 17.7 Å². The van der Waals surface area contributed by atoms with Gasteiger partial charge in [-0.3, -0.25) is 19.4 Å². The van der Waals surface area contributed by atoms with Crippen molar-refractivity contribution < 1.29 is 14.1 Å². The molecule has 142 valence electrons. The van der Waals surface area contributed by atoms with Crippen LogP contribution >= 0.6 is 0 Å². The molecule has 2 aromatic rings. The summed E-state index contributed by atoms with van der Waals surface area (Å²) < 4.78 is 5.12. The van der Waals surface area contributed by atoms with E-state index >= 15 is 0 Å². The van der Waals surface area contributed by atoms with Gasteiger partial charge in [-0.1, -0.05) is 17.3 Å². The third-order valence-electron chi connectivity index (χ3n) is 5.26. The number of rotatable bonds is 6. The zero-order valence-corrected chi connectivity index (χ0v) is 15.6. The van der Waals surface area contributed by atoms with Gasteiger partial charge in [-0.15, -0.1) is 0 Å². The van der Waals surface area contributed by atoms with E-state index in [4.69, 9.17) is 4.52 Å². The summed E-state index contributed by atoms with van der Waals surface area (Å²) in [6.07, 6.45) is 0.800. The second-order valence-electron chi connectivity index (χ2n) is 7.21. The summed E-state index contributed by atoms with van der Waals surface area (Å²) in [5.41, 5.74) is 2.03. The van der Waals surface area contributed by atoms with Gasteiger partial charge >= 0.3 is 0 Å². The molecule has 0 saturated carbocycles. The van der Waals surface area contributed by atoms with Crippen molar-refractivity contribution >= 4 is 11.8 Å². The number of hydrogen-bond donors (Lipinski definition) is 0. The summed E-state index contributed by atoms with van der Waals surface area (Å²) in [7, 11) is 0. The lowest BCUT2D eigenvalue weighted by molar-refractivity contribution is 0.0640. The molecule has 0 N–H and O–H groups in total. The van der Waals surface area contributed by atoms with E-state index in [-0.39, 0.29) is 11.8 Å². The highest BCUT2D eigenvalue weighted by atomic mass is 16.5. The normalized spacial score (nSPS) is 18.3. The number of carbonyl (C=O) groups excluding carboxylic acids is 2. The van der Waals surface area contributed by atoms with Crippen LogP contribution in [0, 0.1) is 6.92 Å². The molecule has 0 unspecified atom stereocenters. The first-order valence-electron chi connectivity index (χ1n) is 9.44. The molecule has 1 aromatic carbocycles. The monoisotopic (exact) mass is 368 g/mol. The molecule has 1 fully saturated rings. The van der Waals surface area contributed by atoms with Crippen LogP contribution in [-0.2, 0) is 6.54 Å². The second-order valence-corrected chi connectivity index (χ2v) is 7.21. The number of aryl methyl sites for hydroxylation is 1. The highest BCUT2D eigenvalue weighted by Crippen LogP contribution is 2.22. The van der Waals surface area contributed by atoms with Crippen LogP contribution in [0.4, 0.5) is 0 Å². The molecule has 0 aliphatic carbocycles. The van der Waals surface area contributed by atoms with Gasteiger partial charge in [0.25, 0.3) is 11.8 Å². The first-order chi connectivity index (χ1) is 13.1. The number of aromatic nitrogens is 1. The van der Waals surface area contributed by atoms with Crippen LogP contribution < -0.4 is 0 Å². The van der Waals surface area contributed by atoms with Gasteiger partial charge in [0.15, 0.2) is 0 Å². The van der Waals surface area contributed by atoms with Crippen LogP contribution in [0.1, 0.15) is 38.6 Å². The Bertz CT molecular complexity index is 804. The Morgan fingerprint density at radius 3 is 2.19 bits per heavy atom. The predicted octanol–water partition coefficient (Wildman–Crippen LogP) is 1.79. The number of piperazine rings is 1. The first-order valence-corrected chi connectivity index (χ1v) is 9.44. The van der Waals surface area contributed by atoms with Crippen molar-refractivity contribution in [3.8, 4) is 0 Å². The van der Waals surface area contributed by atoms with E-state index in [0.717, 1.165) is 57.1 Å². The lowest BCUT2D eigenvalue weighted by atomic mass is 10.1. The van der Waals surface area contributed by atoms with E-state index < -0.39 is 0 Å². The van der Waals surface area contributed by atoms with Crippen LogP contribution in [0.2, 0.25) is 0 Å². The van der Waals surface area contributed by atoms with Crippen molar-refractivity contribution in [2.75, 3.05) is 39.3 Å². The molecule has 1 saturated heterocycles. The maximum absolute atomic E-state index is 12.4. The summed E-state index contributed by atoms with van der Waals surface area (Å²) in [5, 5.41) is 4.05. The number of carbonyl (C=O) groups is 2. The molecule has 3 heterocycles. The molecular weight excluding hydrogens is 344 g/mol. The van der Waals surface area contributed by atoms with E-state index in [1.807, 2.05) is 13.0 Å².